The second kappa shape index (κ2) is 4.33. The van der Waals surface area contributed by atoms with Gasteiger partial charge in [0.15, 0.2) is 0 Å². The Bertz CT molecular complexity index is 563. The summed E-state index contributed by atoms with van der Waals surface area (Å²) in [5.74, 6) is 0.958. The number of fused-ring (bicyclic) bond motifs is 1. The third-order valence-electron chi connectivity index (χ3n) is 2.93. The minimum Gasteiger partial charge on any atom is -0.326 e. The third-order valence-corrected chi connectivity index (χ3v) is 3.67. The normalized spacial score (nSPS) is 14.7. The van der Waals surface area contributed by atoms with Crippen LogP contribution in [0.5, 0.6) is 0 Å². The zero-order chi connectivity index (χ0) is 11.8. The van der Waals surface area contributed by atoms with Gasteiger partial charge in [-0.2, -0.15) is 0 Å². The highest BCUT2D eigenvalue weighted by Gasteiger charge is 2.15. The van der Waals surface area contributed by atoms with E-state index in [0.717, 1.165) is 31.0 Å². The summed E-state index contributed by atoms with van der Waals surface area (Å²) in [6, 6.07) is 5.62. The lowest BCUT2D eigenvalue weighted by Crippen LogP contribution is -2.27. The van der Waals surface area contributed by atoms with E-state index in [4.69, 9.17) is 23.2 Å². The summed E-state index contributed by atoms with van der Waals surface area (Å²) in [4.78, 5) is 4.46. The van der Waals surface area contributed by atoms with Crippen molar-refractivity contribution in [3.63, 3.8) is 0 Å². The quantitative estimate of drug-likeness (QED) is 0.861. The summed E-state index contributed by atoms with van der Waals surface area (Å²) in [5, 5.41) is 4.46. The van der Waals surface area contributed by atoms with E-state index in [-0.39, 0.29) is 0 Å². The minimum atomic E-state index is 0.565. The maximum atomic E-state index is 6.03. The largest absolute Gasteiger partial charge is 0.326 e. The summed E-state index contributed by atoms with van der Waals surface area (Å²) in [6.45, 7) is 2.77. The molecule has 2 aromatic rings. The lowest BCUT2D eigenvalue weighted by Gasteiger charge is -2.17. The molecule has 0 unspecified atom stereocenters. The molecule has 0 saturated carbocycles. The van der Waals surface area contributed by atoms with Gasteiger partial charge in [-0.05, 0) is 18.2 Å². The Morgan fingerprint density at radius 2 is 2.12 bits per heavy atom. The van der Waals surface area contributed by atoms with Crippen molar-refractivity contribution in [3.05, 3.63) is 40.1 Å². The number of aromatic nitrogens is 2. The molecule has 88 valence electrons. The average molecular weight is 268 g/mol. The van der Waals surface area contributed by atoms with Crippen LogP contribution in [0.15, 0.2) is 24.4 Å². The van der Waals surface area contributed by atoms with Crippen molar-refractivity contribution in [1.82, 2.24) is 14.9 Å². The molecule has 0 saturated heterocycles. The lowest BCUT2D eigenvalue weighted by molar-refractivity contribution is 0.519. The molecule has 1 N–H and O–H groups in total. The van der Waals surface area contributed by atoms with Gasteiger partial charge >= 0.3 is 0 Å². The van der Waals surface area contributed by atoms with Gasteiger partial charge in [0.1, 0.15) is 5.82 Å². The summed E-state index contributed by atoms with van der Waals surface area (Å²) < 4.78 is 2.22. The van der Waals surface area contributed by atoms with Crippen molar-refractivity contribution < 1.29 is 0 Å². The molecule has 0 radical (unpaired) electrons. The van der Waals surface area contributed by atoms with Crippen molar-refractivity contribution in [1.29, 1.82) is 0 Å². The van der Waals surface area contributed by atoms with E-state index < -0.39 is 0 Å². The molecule has 0 aliphatic carbocycles. The SMILES string of the molecule is Clc1ccc(-c2ncc3n2CCNC3)cc1Cl. The number of imidazole rings is 1. The van der Waals surface area contributed by atoms with E-state index in [9.17, 15) is 0 Å². The number of nitrogens with one attached hydrogen (secondary N) is 1. The third kappa shape index (κ3) is 1.95. The van der Waals surface area contributed by atoms with Crippen LogP contribution in [-0.4, -0.2) is 16.1 Å². The van der Waals surface area contributed by atoms with Crippen LogP contribution in [0.4, 0.5) is 0 Å². The Kier molecular flexibility index (Phi) is 2.82. The van der Waals surface area contributed by atoms with Crippen LogP contribution in [0.1, 0.15) is 5.69 Å². The number of benzene rings is 1. The Labute approximate surface area is 109 Å². The molecule has 3 rings (SSSR count). The lowest BCUT2D eigenvalue weighted by atomic mass is 10.2. The zero-order valence-electron chi connectivity index (χ0n) is 9.08. The van der Waals surface area contributed by atoms with E-state index in [2.05, 4.69) is 14.9 Å². The van der Waals surface area contributed by atoms with Gasteiger partial charge in [-0.15, -0.1) is 0 Å². The molecule has 0 bridgehead atoms. The highest BCUT2D eigenvalue weighted by molar-refractivity contribution is 6.42. The predicted molar refractivity (Wildman–Crippen MR) is 69.4 cm³/mol. The molecule has 0 atom stereocenters. The first-order chi connectivity index (χ1) is 8.25. The fourth-order valence-corrected chi connectivity index (χ4v) is 2.37. The van der Waals surface area contributed by atoms with Crippen molar-refractivity contribution in [2.24, 2.45) is 0 Å². The summed E-state index contributed by atoms with van der Waals surface area (Å²) in [6.07, 6.45) is 1.91. The van der Waals surface area contributed by atoms with Crippen molar-refractivity contribution in [3.8, 4) is 11.4 Å². The van der Waals surface area contributed by atoms with Gasteiger partial charge in [0.25, 0.3) is 0 Å². The molecule has 5 heteroatoms. The molecular formula is C12H11Cl2N3. The van der Waals surface area contributed by atoms with Crippen LogP contribution in [0.25, 0.3) is 11.4 Å². The number of hydrogen-bond donors (Lipinski definition) is 1. The number of halogens is 2. The van der Waals surface area contributed by atoms with Crippen LogP contribution < -0.4 is 5.32 Å². The van der Waals surface area contributed by atoms with Gasteiger partial charge in [0.05, 0.1) is 21.9 Å². The highest BCUT2D eigenvalue weighted by Crippen LogP contribution is 2.28. The topological polar surface area (TPSA) is 29.9 Å². The van der Waals surface area contributed by atoms with Gasteiger partial charge < -0.3 is 9.88 Å². The molecule has 2 heterocycles. The van der Waals surface area contributed by atoms with Crippen molar-refractivity contribution >= 4 is 23.2 Å². The molecular weight excluding hydrogens is 257 g/mol. The first kappa shape index (κ1) is 11.1. The fraction of sp³-hybridized carbons (Fsp3) is 0.250. The van der Waals surface area contributed by atoms with Gasteiger partial charge in [-0.1, -0.05) is 23.2 Å². The van der Waals surface area contributed by atoms with E-state index >= 15 is 0 Å². The Morgan fingerprint density at radius 1 is 1.24 bits per heavy atom. The average Bonchev–Trinajstić information content (AvgIpc) is 2.76. The molecule has 0 spiro atoms. The zero-order valence-corrected chi connectivity index (χ0v) is 10.6. The maximum absolute atomic E-state index is 6.03. The van der Waals surface area contributed by atoms with E-state index in [1.807, 2.05) is 24.4 Å². The smallest absolute Gasteiger partial charge is 0.140 e. The standard InChI is InChI=1S/C12H11Cl2N3/c13-10-2-1-8(5-11(10)14)12-16-7-9-6-15-3-4-17(9)12/h1-2,5,7,15H,3-4,6H2. The van der Waals surface area contributed by atoms with E-state index in [0.29, 0.717) is 10.0 Å². The van der Waals surface area contributed by atoms with Crippen molar-refractivity contribution in [2.45, 2.75) is 13.1 Å². The van der Waals surface area contributed by atoms with Gasteiger partial charge in [-0.3, -0.25) is 0 Å². The Morgan fingerprint density at radius 3 is 2.94 bits per heavy atom. The number of rotatable bonds is 1. The molecule has 1 aromatic heterocycles. The predicted octanol–water partition coefficient (Wildman–Crippen LogP) is 2.96. The molecule has 1 aliphatic rings. The second-order valence-corrected chi connectivity index (χ2v) is 4.84. The summed E-state index contributed by atoms with van der Waals surface area (Å²) >= 11 is 11.9. The molecule has 3 nitrogen and oxygen atoms in total. The molecule has 0 amide bonds. The van der Waals surface area contributed by atoms with Crippen LogP contribution in [0.2, 0.25) is 10.0 Å². The second-order valence-electron chi connectivity index (χ2n) is 4.03. The highest BCUT2D eigenvalue weighted by atomic mass is 35.5. The molecule has 17 heavy (non-hydrogen) atoms. The van der Waals surface area contributed by atoms with Crippen molar-refractivity contribution in [2.75, 3.05) is 6.54 Å². The maximum Gasteiger partial charge on any atom is 0.140 e. The van der Waals surface area contributed by atoms with Crippen LogP contribution in [0.3, 0.4) is 0 Å². The van der Waals surface area contributed by atoms with Crippen LogP contribution in [-0.2, 0) is 13.1 Å². The minimum absolute atomic E-state index is 0.565. The first-order valence-electron chi connectivity index (χ1n) is 5.46. The molecule has 1 aliphatic heterocycles. The number of hydrogen-bond acceptors (Lipinski definition) is 2. The van der Waals surface area contributed by atoms with Gasteiger partial charge in [0.2, 0.25) is 0 Å². The van der Waals surface area contributed by atoms with E-state index in [1.165, 1.54) is 5.69 Å². The molecule has 0 fully saturated rings. The summed E-state index contributed by atoms with van der Waals surface area (Å²) in [5.41, 5.74) is 2.21. The monoisotopic (exact) mass is 267 g/mol. The van der Waals surface area contributed by atoms with E-state index in [1.54, 1.807) is 0 Å². The van der Waals surface area contributed by atoms with Crippen LogP contribution >= 0.6 is 23.2 Å². The molecule has 1 aromatic carbocycles. The van der Waals surface area contributed by atoms with Gasteiger partial charge in [-0.25, -0.2) is 4.98 Å². The summed E-state index contributed by atoms with van der Waals surface area (Å²) in [7, 11) is 0. The number of nitrogens with zero attached hydrogens (tertiary/aromatic N) is 2. The Hall–Kier alpha value is -1.03. The van der Waals surface area contributed by atoms with Crippen LogP contribution in [0, 0.1) is 0 Å². The van der Waals surface area contributed by atoms with Gasteiger partial charge in [0, 0.05) is 25.2 Å². The first-order valence-corrected chi connectivity index (χ1v) is 6.22. The fourth-order valence-electron chi connectivity index (χ4n) is 2.07. The Balaban J connectivity index is 2.09.